The topological polar surface area (TPSA) is 164 Å². The van der Waals surface area contributed by atoms with E-state index in [4.69, 9.17) is 0 Å². The van der Waals surface area contributed by atoms with Crippen LogP contribution >= 0.6 is 0 Å². The molecule has 0 radical (unpaired) electrons. The van der Waals surface area contributed by atoms with Crippen molar-refractivity contribution in [3.05, 3.63) is 58.2 Å². The number of aryl methyl sites for hydroxylation is 1. The Kier molecular flexibility index (Phi) is 6.76. The summed E-state index contributed by atoms with van der Waals surface area (Å²) in [7, 11) is 1.76. The quantitative estimate of drug-likeness (QED) is 0.209. The number of pyridine rings is 2. The zero-order valence-corrected chi connectivity index (χ0v) is 20.3. The van der Waals surface area contributed by atoms with Crippen LogP contribution in [0.25, 0.3) is 10.9 Å². The number of anilines is 3. The van der Waals surface area contributed by atoms with Crippen molar-refractivity contribution in [2.24, 2.45) is 11.8 Å². The molecule has 4 aromatic rings. The van der Waals surface area contributed by atoms with Gasteiger partial charge in [0.25, 0.3) is 0 Å². The van der Waals surface area contributed by atoms with Crippen molar-refractivity contribution in [1.29, 1.82) is 0 Å². The van der Waals surface area contributed by atoms with Gasteiger partial charge in [0.2, 0.25) is 5.91 Å². The number of hydrogen-bond acceptors (Lipinski definition) is 10. The summed E-state index contributed by atoms with van der Waals surface area (Å²) in [6.07, 6.45) is 5.62. The highest BCUT2D eigenvalue weighted by Crippen LogP contribution is 2.38. The maximum Gasteiger partial charge on any atom is 0.438 e. The molecule has 0 unspecified atom stereocenters. The Morgan fingerprint density at radius 1 is 1.22 bits per heavy atom. The zero-order chi connectivity index (χ0) is 25.8. The molecule has 37 heavy (non-hydrogen) atoms. The average molecular weight is 500 g/mol. The van der Waals surface area contributed by atoms with E-state index >= 15 is 0 Å². The third-order valence-corrected chi connectivity index (χ3v) is 6.06. The number of nitrogens with zero attached hydrogens (tertiary/aromatic N) is 5. The van der Waals surface area contributed by atoms with E-state index in [0.29, 0.717) is 53.1 Å². The lowest BCUT2D eigenvalue weighted by atomic mass is 10.1. The number of aromatic amines is 1. The number of fused-ring (bicyclic) bond motifs is 1. The number of aromatic nitrogens is 6. The number of hydrogen-bond donors (Lipinski definition) is 4. The van der Waals surface area contributed by atoms with E-state index in [0.717, 1.165) is 23.9 Å². The van der Waals surface area contributed by atoms with Gasteiger partial charge in [-0.25, -0.2) is 14.8 Å². The molecule has 4 aromatic heterocycles. The molecule has 1 fully saturated rings. The van der Waals surface area contributed by atoms with Gasteiger partial charge in [-0.1, -0.05) is 18.0 Å². The van der Waals surface area contributed by atoms with Crippen LogP contribution < -0.4 is 21.7 Å². The van der Waals surface area contributed by atoms with Crippen LogP contribution in [-0.2, 0) is 11.2 Å². The Hall–Kier alpha value is -4.79. The summed E-state index contributed by atoms with van der Waals surface area (Å²) in [5.74, 6) is 7.52. The largest absolute Gasteiger partial charge is 0.438 e. The molecule has 4 N–H and O–H groups in total. The van der Waals surface area contributed by atoms with Crippen LogP contribution in [0.4, 0.5) is 17.3 Å². The van der Waals surface area contributed by atoms with Crippen LogP contribution in [0, 0.1) is 23.7 Å². The third kappa shape index (κ3) is 5.72. The van der Waals surface area contributed by atoms with E-state index in [1.165, 1.54) is 0 Å². The number of carbonyl (C=O) groups is 1. The van der Waals surface area contributed by atoms with Gasteiger partial charge < -0.3 is 16.0 Å². The minimum absolute atomic E-state index is 0.0320. The van der Waals surface area contributed by atoms with Gasteiger partial charge in [-0.3, -0.25) is 14.3 Å². The molecule has 0 bridgehead atoms. The van der Waals surface area contributed by atoms with Gasteiger partial charge in [0.05, 0.1) is 17.4 Å². The van der Waals surface area contributed by atoms with Crippen LogP contribution in [-0.4, -0.2) is 49.8 Å². The van der Waals surface area contributed by atoms with E-state index in [1.54, 1.807) is 25.5 Å². The number of H-pyrrole nitrogens is 1. The smallest absolute Gasteiger partial charge is 0.384 e. The van der Waals surface area contributed by atoms with Crippen molar-refractivity contribution in [3.63, 3.8) is 0 Å². The van der Waals surface area contributed by atoms with Gasteiger partial charge in [-0.2, -0.15) is 0 Å². The minimum atomic E-state index is -0.547. The van der Waals surface area contributed by atoms with E-state index in [9.17, 15) is 9.59 Å². The molecule has 4 heterocycles. The molecule has 2 atom stereocenters. The second-order valence-corrected chi connectivity index (χ2v) is 8.83. The van der Waals surface area contributed by atoms with Crippen LogP contribution in [0.15, 0.2) is 39.9 Å². The normalized spacial score (nSPS) is 16.1. The van der Waals surface area contributed by atoms with Crippen molar-refractivity contribution in [2.45, 2.75) is 26.2 Å². The fourth-order valence-electron chi connectivity index (χ4n) is 3.84. The highest BCUT2D eigenvalue weighted by atomic mass is 16.5. The maximum atomic E-state index is 12.4. The number of amides is 1. The molecule has 12 heteroatoms. The first-order valence-corrected chi connectivity index (χ1v) is 11.9. The van der Waals surface area contributed by atoms with E-state index in [-0.39, 0.29) is 11.8 Å². The Morgan fingerprint density at radius 3 is 2.78 bits per heavy atom. The van der Waals surface area contributed by atoms with Crippen molar-refractivity contribution < 1.29 is 9.32 Å². The van der Waals surface area contributed by atoms with Gasteiger partial charge >= 0.3 is 5.76 Å². The summed E-state index contributed by atoms with van der Waals surface area (Å²) in [6.45, 7) is 2.73. The molecule has 0 saturated heterocycles. The van der Waals surface area contributed by atoms with Crippen LogP contribution in [0.5, 0.6) is 0 Å². The molecule has 0 aromatic carbocycles. The van der Waals surface area contributed by atoms with Gasteiger partial charge in [-0.05, 0) is 42.9 Å². The van der Waals surface area contributed by atoms with E-state index in [1.807, 2.05) is 12.1 Å². The van der Waals surface area contributed by atoms with Gasteiger partial charge in [0.15, 0.2) is 17.5 Å². The Balaban J connectivity index is 1.27. The lowest BCUT2D eigenvalue weighted by Crippen LogP contribution is -2.16. The molecule has 0 aliphatic heterocycles. The highest BCUT2D eigenvalue weighted by Gasteiger charge is 2.39. The number of carbonyl (C=O) groups excluding carboxylic acids is 1. The molecule has 1 aliphatic rings. The maximum absolute atomic E-state index is 12.4. The van der Waals surface area contributed by atoms with E-state index < -0.39 is 5.76 Å². The van der Waals surface area contributed by atoms with Crippen LogP contribution in [0.3, 0.4) is 0 Å². The molecule has 1 saturated carbocycles. The van der Waals surface area contributed by atoms with Crippen molar-refractivity contribution >= 4 is 34.1 Å². The van der Waals surface area contributed by atoms with Gasteiger partial charge in [0.1, 0.15) is 11.2 Å². The first-order chi connectivity index (χ1) is 18.0. The standard InChI is InChI=1S/C25H25N9O3/c1-14-10-18(14)24(35)30-21-11-19-15(12-29-23(26-2)22(19)33-32-21)5-6-16-7-8-17(13-28-16)27-9-3-4-20-31-25(36)37-34-20/h7-8,11-14,18,27H,3-4,9-10H2,1-2H3,(H,26,29)(H,30,32,35)(H,31,34,36)/t14-,18+/m1/s1. The summed E-state index contributed by atoms with van der Waals surface area (Å²) < 4.78 is 4.48. The van der Waals surface area contributed by atoms with Crippen molar-refractivity contribution in [1.82, 2.24) is 30.3 Å². The SMILES string of the molecule is CNc1ncc(C#Cc2ccc(NCCCc3noc(=O)[nH]3)cn2)c2cc(NC(=O)[C@H]3C[C@H]3C)nnc12. The highest BCUT2D eigenvalue weighted by molar-refractivity contribution is 5.97. The fraction of sp³-hybridized carbons (Fsp3) is 0.320. The average Bonchev–Trinajstić information content (AvgIpc) is 3.51. The Bertz CT molecular complexity index is 1550. The molecule has 5 rings (SSSR count). The lowest BCUT2D eigenvalue weighted by Gasteiger charge is -2.08. The minimum Gasteiger partial charge on any atom is -0.384 e. The first kappa shape index (κ1) is 23.9. The molecule has 0 spiro atoms. The van der Waals surface area contributed by atoms with Crippen molar-refractivity contribution in [3.8, 4) is 11.8 Å². The summed E-state index contributed by atoms with van der Waals surface area (Å²) in [5, 5.41) is 21.9. The van der Waals surface area contributed by atoms with Crippen LogP contribution in [0.2, 0.25) is 0 Å². The monoisotopic (exact) mass is 499 g/mol. The Morgan fingerprint density at radius 2 is 2.08 bits per heavy atom. The van der Waals surface area contributed by atoms with Gasteiger partial charge in [-0.15, -0.1) is 10.2 Å². The van der Waals surface area contributed by atoms with E-state index in [2.05, 4.69) is 69.5 Å². The third-order valence-electron chi connectivity index (χ3n) is 6.06. The summed E-state index contributed by atoms with van der Waals surface area (Å²) in [5.41, 5.74) is 2.66. The second-order valence-electron chi connectivity index (χ2n) is 8.83. The molecule has 1 aliphatic carbocycles. The summed E-state index contributed by atoms with van der Waals surface area (Å²) >= 11 is 0. The lowest BCUT2D eigenvalue weighted by molar-refractivity contribution is -0.117. The molecule has 1 amide bonds. The predicted octanol–water partition coefficient (Wildman–Crippen LogP) is 2.18. The molecule has 12 nitrogen and oxygen atoms in total. The number of nitrogens with one attached hydrogen (secondary N) is 4. The van der Waals surface area contributed by atoms with Crippen LogP contribution in [0.1, 0.15) is 36.8 Å². The molecular formula is C25H25N9O3. The summed E-state index contributed by atoms with van der Waals surface area (Å²) in [4.78, 5) is 34.6. The Labute approximate surface area is 211 Å². The molecular weight excluding hydrogens is 474 g/mol. The zero-order valence-electron chi connectivity index (χ0n) is 20.3. The number of rotatable bonds is 8. The fourth-order valence-corrected chi connectivity index (χ4v) is 3.84. The van der Waals surface area contributed by atoms with Crippen molar-refractivity contribution in [2.75, 3.05) is 29.5 Å². The van der Waals surface area contributed by atoms with Gasteiger partial charge in [0, 0.05) is 37.5 Å². The second kappa shape index (κ2) is 10.4. The predicted molar refractivity (Wildman–Crippen MR) is 137 cm³/mol. The molecule has 188 valence electrons. The summed E-state index contributed by atoms with van der Waals surface area (Å²) in [6, 6.07) is 5.49. The first-order valence-electron chi connectivity index (χ1n) is 11.9.